The maximum Gasteiger partial charge on any atom is 0.411 e. The fourth-order valence-electron chi connectivity index (χ4n) is 4.89. The predicted molar refractivity (Wildman–Crippen MR) is 137 cm³/mol. The molecule has 186 valence electrons. The van der Waals surface area contributed by atoms with Gasteiger partial charge in [-0.3, -0.25) is 10.1 Å². The Morgan fingerprint density at radius 3 is 2.44 bits per heavy atom. The quantitative estimate of drug-likeness (QED) is 0.525. The van der Waals surface area contributed by atoms with Crippen molar-refractivity contribution in [2.75, 3.05) is 31.6 Å². The Bertz CT molecular complexity index is 1330. The molecule has 2 heterocycles. The van der Waals surface area contributed by atoms with E-state index in [2.05, 4.69) is 16.0 Å². The van der Waals surface area contributed by atoms with Crippen molar-refractivity contribution in [3.63, 3.8) is 0 Å². The molecular weight excluding hydrogens is 456 g/mol. The van der Waals surface area contributed by atoms with Crippen molar-refractivity contribution in [1.82, 2.24) is 9.47 Å². The summed E-state index contributed by atoms with van der Waals surface area (Å²) in [6, 6.07) is 15.9. The van der Waals surface area contributed by atoms with Gasteiger partial charge in [-0.05, 0) is 69.0 Å². The van der Waals surface area contributed by atoms with Crippen LogP contribution in [0.1, 0.15) is 55.1 Å². The molecule has 36 heavy (non-hydrogen) atoms. The van der Waals surface area contributed by atoms with Crippen molar-refractivity contribution < 1.29 is 19.1 Å². The Hall–Kier alpha value is -3.83. The highest BCUT2D eigenvalue weighted by atomic mass is 16.6. The Morgan fingerprint density at radius 2 is 1.83 bits per heavy atom. The van der Waals surface area contributed by atoms with E-state index < -0.39 is 6.09 Å². The molecule has 1 aliphatic heterocycles. The second-order valence-electron chi connectivity index (χ2n) is 9.58. The monoisotopic (exact) mass is 486 g/mol. The molecule has 1 saturated heterocycles. The van der Waals surface area contributed by atoms with Crippen LogP contribution in [0.15, 0.2) is 42.5 Å². The number of anilines is 1. The van der Waals surface area contributed by atoms with Gasteiger partial charge in [-0.2, -0.15) is 5.26 Å². The molecule has 1 aliphatic carbocycles. The number of hydrogen-bond donors (Lipinski definition) is 1. The van der Waals surface area contributed by atoms with Crippen molar-refractivity contribution in [1.29, 1.82) is 5.26 Å². The van der Waals surface area contributed by atoms with Gasteiger partial charge in [0, 0.05) is 35.8 Å². The molecule has 0 atom stereocenters. The molecule has 0 radical (unpaired) electrons. The van der Waals surface area contributed by atoms with Crippen LogP contribution in [0.2, 0.25) is 0 Å². The number of aromatic nitrogens is 1. The number of nitriles is 1. The molecular formula is C28H30N4O4. The molecule has 0 unspecified atom stereocenters. The maximum absolute atomic E-state index is 13.1. The summed E-state index contributed by atoms with van der Waals surface area (Å²) < 4.78 is 12.8. The predicted octanol–water partition coefficient (Wildman–Crippen LogP) is 5.33. The Labute approximate surface area is 210 Å². The van der Waals surface area contributed by atoms with Crippen LogP contribution in [0.3, 0.4) is 0 Å². The lowest BCUT2D eigenvalue weighted by Gasteiger charge is -2.30. The van der Waals surface area contributed by atoms with Crippen LogP contribution in [-0.4, -0.2) is 53.9 Å². The zero-order valence-electron chi connectivity index (χ0n) is 20.6. The molecule has 2 aliphatic rings. The largest absolute Gasteiger partial charge is 0.447 e. The number of carbonyl (C=O) groups is 2. The first-order chi connectivity index (χ1) is 17.5. The third-order valence-electron chi connectivity index (χ3n) is 6.85. The number of ether oxygens (including phenoxy) is 2. The Kier molecular flexibility index (Phi) is 6.66. The third kappa shape index (κ3) is 4.54. The molecule has 3 aromatic rings. The zero-order valence-corrected chi connectivity index (χ0v) is 20.6. The number of amides is 2. The molecule has 2 amide bonds. The Morgan fingerprint density at radius 1 is 1.11 bits per heavy atom. The standard InChI is InChI=1S/C28H30N4O4/c1-18(2)36-28(34)30-21-9-6-19(7-10-21)26-24(17-29)23-16-20(27(33)31-12-14-35-15-13-31)8-11-25(23)32(26)22-4-3-5-22/h6-11,16,18,22H,3-5,12-15H2,1-2H3,(H,30,34). The van der Waals surface area contributed by atoms with Gasteiger partial charge in [-0.25, -0.2) is 4.79 Å². The lowest BCUT2D eigenvalue weighted by molar-refractivity contribution is 0.0303. The first-order valence-corrected chi connectivity index (χ1v) is 12.5. The van der Waals surface area contributed by atoms with E-state index in [0.717, 1.165) is 41.4 Å². The van der Waals surface area contributed by atoms with E-state index in [1.165, 1.54) is 0 Å². The van der Waals surface area contributed by atoms with E-state index in [9.17, 15) is 14.9 Å². The molecule has 2 fully saturated rings. The molecule has 1 saturated carbocycles. The van der Waals surface area contributed by atoms with E-state index in [0.29, 0.717) is 49.2 Å². The molecule has 1 N–H and O–H groups in total. The van der Waals surface area contributed by atoms with Crippen LogP contribution < -0.4 is 5.32 Å². The number of hydrogen-bond acceptors (Lipinski definition) is 5. The minimum Gasteiger partial charge on any atom is -0.447 e. The Balaban J connectivity index is 1.54. The van der Waals surface area contributed by atoms with Crippen LogP contribution in [0, 0.1) is 11.3 Å². The first-order valence-electron chi connectivity index (χ1n) is 12.5. The highest BCUT2D eigenvalue weighted by Gasteiger charge is 2.29. The van der Waals surface area contributed by atoms with Gasteiger partial charge < -0.3 is 18.9 Å². The molecule has 5 rings (SSSR count). The summed E-state index contributed by atoms with van der Waals surface area (Å²) in [5.74, 6) is -0.0363. The second-order valence-corrected chi connectivity index (χ2v) is 9.58. The van der Waals surface area contributed by atoms with Crippen molar-refractivity contribution in [3.8, 4) is 17.3 Å². The summed E-state index contributed by atoms with van der Waals surface area (Å²) >= 11 is 0. The minimum atomic E-state index is -0.503. The van der Waals surface area contributed by atoms with Crippen molar-refractivity contribution >= 4 is 28.6 Å². The van der Waals surface area contributed by atoms with Crippen LogP contribution in [-0.2, 0) is 9.47 Å². The first kappa shape index (κ1) is 23.9. The molecule has 8 heteroatoms. The van der Waals surface area contributed by atoms with E-state index in [4.69, 9.17) is 9.47 Å². The molecule has 0 bridgehead atoms. The van der Waals surface area contributed by atoms with E-state index in [1.54, 1.807) is 18.7 Å². The summed E-state index contributed by atoms with van der Waals surface area (Å²) in [4.78, 5) is 26.9. The van der Waals surface area contributed by atoms with Gasteiger partial charge >= 0.3 is 6.09 Å². The lowest BCUT2D eigenvalue weighted by atomic mass is 9.92. The minimum absolute atomic E-state index is 0.0363. The van der Waals surface area contributed by atoms with Gasteiger partial charge in [0.2, 0.25) is 0 Å². The van der Waals surface area contributed by atoms with Gasteiger partial charge in [0.25, 0.3) is 5.91 Å². The third-order valence-corrected chi connectivity index (χ3v) is 6.85. The number of benzene rings is 2. The van der Waals surface area contributed by atoms with Gasteiger partial charge in [-0.15, -0.1) is 0 Å². The maximum atomic E-state index is 13.1. The highest BCUT2D eigenvalue weighted by Crippen LogP contribution is 2.43. The summed E-state index contributed by atoms with van der Waals surface area (Å²) in [6.45, 7) is 5.82. The van der Waals surface area contributed by atoms with Crippen LogP contribution in [0.25, 0.3) is 22.2 Å². The van der Waals surface area contributed by atoms with E-state index >= 15 is 0 Å². The SMILES string of the molecule is CC(C)OC(=O)Nc1ccc(-c2c(C#N)c3cc(C(=O)N4CCOCC4)ccc3n2C2CCC2)cc1. The lowest BCUT2D eigenvalue weighted by Crippen LogP contribution is -2.40. The number of rotatable bonds is 5. The smallest absolute Gasteiger partial charge is 0.411 e. The van der Waals surface area contributed by atoms with Crippen LogP contribution in [0.4, 0.5) is 10.5 Å². The number of morpholine rings is 1. The summed E-state index contributed by atoms with van der Waals surface area (Å²) in [7, 11) is 0. The second kappa shape index (κ2) is 10.0. The summed E-state index contributed by atoms with van der Waals surface area (Å²) in [6.07, 6.45) is 2.55. The fraction of sp³-hybridized carbons (Fsp3) is 0.393. The van der Waals surface area contributed by atoms with Crippen molar-refractivity contribution in [2.45, 2.75) is 45.3 Å². The molecule has 2 aromatic carbocycles. The van der Waals surface area contributed by atoms with E-state index in [-0.39, 0.29) is 12.0 Å². The number of fused-ring (bicyclic) bond motifs is 1. The van der Waals surface area contributed by atoms with Gasteiger partial charge in [0.05, 0.1) is 36.1 Å². The summed E-state index contributed by atoms with van der Waals surface area (Å²) in [5.41, 5.74) is 4.47. The van der Waals surface area contributed by atoms with Crippen molar-refractivity contribution in [2.24, 2.45) is 0 Å². The molecule has 8 nitrogen and oxygen atoms in total. The zero-order chi connectivity index (χ0) is 25.2. The topological polar surface area (TPSA) is 96.6 Å². The van der Waals surface area contributed by atoms with Crippen LogP contribution >= 0.6 is 0 Å². The van der Waals surface area contributed by atoms with E-state index in [1.807, 2.05) is 42.5 Å². The molecule has 1 aromatic heterocycles. The average Bonchev–Trinajstić information content (AvgIpc) is 3.16. The fourth-order valence-corrected chi connectivity index (χ4v) is 4.89. The van der Waals surface area contributed by atoms with Crippen LogP contribution in [0.5, 0.6) is 0 Å². The van der Waals surface area contributed by atoms with Gasteiger partial charge in [-0.1, -0.05) is 12.1 Å². The van der Waals surface area contributed by atoms with Gasteiger partial charge in [0.1, 0.15) is 6.07 Å². The van der Waals surface area contributed by atoms with Gasteiger partial charge in [0.15, 0.2) is 0 Å². The number of nitrogens with zero attached hydrogens (tertiary/aromatic N) is 3. The average molecular weight is 487 g/mol. The van der Waals surface area contributed by atoms with Crippen molar-refractivity contribution in [3.05, 3.63) is 53.6 Å². The number of nitrogens with one attached hydrogen (secondary N) is 1. The highest BCUT2D eigenvalue weighted by molar-refractivity contribution is 6.02. The normalized spacial score (nSPS) is 16.0. The number of carbonyl (C=O) groups excluding carboxylic acids is 2. The molecule has 0 spiro atoms. The summed E-state index contributed by atoms with van der Waals surface area (Å²) in [5, 5.41) is 13.8.